The van der Waals surface area contributed by atoms with Crippen molar-refractivity contribution >= 4 is 41.9 Å². The van der Waals surface area contributed by atoms with E-state index in [0.717, 1.165) is 4.47 Å². The van der Waals surface area contributed by atoms with Gasteiger partial charge in [0.1, 0.15) is 0 Å². The van der Waals surface area contributed by atoms with Crippen molar-refractivity contribution in [1.29, 1.82) is 0 Å². The van der Waals surface area contributed by atoms with Gasteiger partial charge in [-0.1, -0.05) is 15.9 Å². The fraction of sp³-hybridized carbons (Fsp3) is 0.500. The van der Waals surface area contributed by atoms with Crippen LogP contribution < -0.4 is 5.73 Å². The van der Waals surface area contributed by atoms with Crippen LogP contribution in [0.4, 0.5) is 0 Å². The van der Waals surface area contributed by atoms with Crippen molar-refractivity contribution in [2.75, 3.05) is 33.2 Å². The SMILES string of the molecule is CN1CCN(S(=O)(=O)c2cc(Br)ccc2Br)C(CN)C1. The molecule has 0 saturated carbocycles. The van der Waals surface area contributed by atoms with E-state index >= 15 is 0 Å². The molecule has 1 saturated heterocycles. The molecule has 1 aromatic rings. The first-order valence-electron chi connectivity index (χ1n) is 6.21. The maximum atomic E-state index is 12.8. The van der Waals surface area contributed by atoms with E-state index in [4.69, 9.17) is 5.73 Å². The number of nitrogens with two attached hydrogens (primary N) is 1. The molecule has 2 N–H and O–H groups in total. The molecule has 1 heterocycles. The third kappa shape index (κ3) is 3.26. The van der Waals surface area contributed by atoms with Crippen LogP contribution in [0.5, 0.6) is 0 Å². The number of piperazine rings is 1. The van der Waals surface area contributed by atoms with Crippen LogP contribution in [0.1, 0.15) is 0 Å². The highest BCUT2D eigenvalue weighted by Gasteiger charge is 2.35. The standard InChI is InChI=1S/C12H17Br2N3O2S/c1-16-4-5-17(10(7-15)8-16)20(18,19)12-6-9(13)2-3-11(12)14/h2-3,6,10H,4-5,7-8,15H2,1H3. The van der Waals surface area contributed by atoms with Gasteiger partial charge < -0.3 is 10.6 Å². The van der Waals surface area contributed by atoms with E-state index in [1.165, 1.54) is 4.31 Å². The van der Waals surface area contributed by atoms with Crippen LogP contribution >= 0.6 is 31.9 Å². The average molecular weight is 427 g/mol. The molecular weight excluding hydrogens is 410 g/mol. The van der Waals surface area contributed by atoms with Crippen LogP contribution in [0.3, 0.4) is 0 Å². The van der Waals surface area contributed by atoms with E-state index in [2.05, 4.69) is 36.8 Å². The zero-order chi connectivity index (χ0) is 14.9. The highest BCUT2D eigenvalue weighted by atomic mass is 79.9. The van der Waals surface area contributed by atoms with Crippen LogP contribution in [-0.2, 0) is 10.0 Å². The Labute approximate surface area is 136 Å². The number of hydrogen-bond donors (Lipinski definition) is 1. The molecule has 8 heteroatoms. The van der Waals surface area contributed by atoms with E-state index in [1.807, 2.05) is 7.05 Å². The lowest BCUT2D eigenvalue weighted by molar-refractivity contribution is 0.164. The van der Waals surface area contributed by atoms with Gasteiger partial charge in [0.2, 0.25) is 10.0 Å². The maximum Gasteiger partial charge on any atom is 0.244 e. The predicted molar refractivity (Wildman–Crippen MR) is 86.1 cm³/mol. The number of nitrogens with zero attached hydrogens (tertiary/aromatic N) is 2. The number of benzene rings is 1. The van der Waals surface area contributed by atoms with E-state index in [1.54, 1.807) is 18.2 Å². The number of likely N-dealkylation sites (N-methyl/N-ethyl adjacent to an activating group) is 1. The minimum absolute atomic E-state index is 0.190. The highest BCUT2D eigenvalue weighted by molar-refractivity contribution is 9.11. The van der Waals surface area contributed by atoms with Gasteiger partial charge in [0.25, 0.3) is 0 Å². The molecule has 1 aromatic carbocycles. The van der Waals surface area contributed by atoms with Gasteiger partial charge in [-0.3, -0.25) is 0 Å². The highest BCUT2D eigenvalue weighted by Crippen LogP contribution is 2.29. The van der Waals surface area contributed by atoms with Crippen LogP contribution in [0, 0.1) is 0 Å². The lowest BCUT2D eigenvalue weighted by Gasteiger charge is -2.38. The third-order valence-corrected chi connectivity index (χ3v) is 6.82. The molecule has 20 heavy (non-hydrogen) atoms. The van der Waals surface area contributed by atoms with Crippen molar-refractivity contribution in [3.05, 3.63) is 27.1 Å². The Morgan fingerprint density at radius 2 is 2.05 bits per heavy atom. The summed E-state index contributed by atoms with van der Waals surface area (Å²) in [5.41, 5.74) is 5.74. The summed E-state index contributed by atoms with van der Waals surface area (Å²) < 4.78 is 28.5. The van der Waals surface area contributed by atoms with Crippen molar-refractivity contribution in [3.8, 4) is 0 Å². The van der Waals surface area contributed by atoms with E-state index in [0.29, 0.717) is 30.7 Å². The average Bonchev–Trinajstić information content (AvgIpc) is 2.40. The molecule has 1 fully saturated rings. The van der Waals surface area contributed by atoms with Crippen LogP contribution in [0.2, 0.25) is 0 Å². The first-order valence-corrected chi connectivity index (χ1v) is 9.24. The molecule has 0 spiro atoms. The van der Waals surface area contributed by atoms with E-state index < -0.39 is 10.0 Å². The van der Waals surface area contributed by atoms with Crippen molar-refractivity contribution in [3.63, 3.8) is 0 Å². The Balaban J connectivity index is 2.41. The topological polar surface area (TPSA) is 66.6 Å². The number of rotatable bonds is 3. The van der Waals surface area contributed by atoms with Gasteiger partial charge in [-0.15, -0.1) is 0 Å². The van der Waals surface area contributed by atoms with Gasteiger partial charge in [0.15, 0.2) is 0 Å². The fourth-order valence-electron chi connectivity index (χ4n) is 2.30. The molecule has 1 atom stereocenters. The number of sulfonamides is 1. The molecule has 0 bridgehead atoms. The van der Waals surface area contributed by atoms with Crippen LogP contribution in [0.15, 0.2) is 32.0 Å². The first-order chi connectivity index (χ1) is 9.36. The van der Waals surface area contributed by atoms with Gasteiger partial charge in [0.05, 0.1) is 10.9 Å². The number of halogens is 2. The number of hydrogen-bond acceptors (Lipinski definition) is 4. The van der Waals surface area contributed by atoms with Crippen LogP contribution in [0.25, 0.3) is 0 Å². The zero-order valence-corrected chi connectivity index (χ0v) is 15.1. The predicted octanol–water partition coefficient (Wildman–Crippen LogP) is 1.47. The molecule has 0 amide bonds. The summed E-state index contributed by atoms with van der Waals surface area (Å²) in [5.74, 6) is 0. The van der Waals surface area contributed by atoms with Crippen molar-refractivity contribution < 1.29 is 8.42 Å². The molecule has 0 aliphatic carbocycles. The smallest absolute Gasteiger partial charge is 0.244 e. The summed E-state index contributed by atoms with van der Waals surface area (Å²) >= 11 is 6.64. The molecule has 2 rings (SSSR count). The molecular formula is C12H17Br2N3O2S. The minimum Gasteiger partial charge on any atom is -0.329 e. The molecule has 1 aliphatic rings. The summed E-state index contributed by atoms with van der Waals surface area (Å²) in [6, 6.07) is 4.95. The van der Waals surface area contributed by atoms with Gasteiger partial charge in [-0.05, 0) is 41.2 Å². The third-order valence-electron chi connectivity index (χ3n) is 3.38. The summed E-state index contributed by atoms with van der Waals surface area (Å²) in [5, 5.41) is 0. The lowest BCUT2D eigenvalue weighted by Crippen LogP contribution is -2.56. The van der Waals surface area contributed by atoms with Gasteiger partial charge in [-0.25, -0.2) is 8.42 Å². The Bertz CT molecular complexity index is 594. The van der Waals surface area contributed by atoms with Gasteiger partial charge >= 0.3 is 0 Å². The van der Waals surface area contributed by atoms with Crippen molar-refractivity contribution in [1.82, 2.24) is 9.21 Å². The molecule has 0 aromatic heterocycles. The van der Waals surface area contributed by atoms with E-state index in [-0.39, 0.29) is 10.9 Å². The second-order valence-electron chi connectivity index (χ2n) is 4.84. The summed E-state index contributed by atoms with van der Waals surface area (Å²) in [4.78, 5) is 2.37. The van der Waals surface area contributed by atoms with Crippen molar-refractivity contribution in [2.24, 2.45) is 5.73 Å². The maximum absolute atomic E-state index is 12.8. The first kappa shape index (κ1) is 16.4. The lowest BCUT2D eigenvalue weighted by atomic mass is 10.2. The quantitative estimate of drug-likeness (QED) is 0.794. The molecule has 0 radical (unpaired) electrons. The molecule has 1 unspecified atom stereocenters. The summed E-state index contributed by atoms with van der Waals surface area (Å²) in [7, 11) is -1.58. The van der Waals surface area contributed by atoms with Crippen molar-refractivity contribution in [2.45, 2.75) is 10.9 Å². The second-order valence-corrected chi connectivity index (χ2v) is 8.47. The van der Waals surface area contributed by atoms with E-state index in [9.17, 15) is 8.42 Å². The summed E-state index contributed by atoms with van der Waals surface area (Å²) in [6.45, 7) is 2.14. The van der Waals surface area contributed by atoms with Gasteiger partial charge in [-0.2, -0.15) is 4.31 Å². The Morgan fingerprint density at radius 1 is 1.35 bits per heavy atom. The Morgan fingerprint density at radius 3 is 2.70 bits per heavy atom. The summed E-state index contributed by atoms with van der Waals surface area (Å²) in [6.07, 6.45) is 0. The molecule has 1 aliphatic heterocycles. The molecule has 112 valence electrons. The Kier molecular flexibility index (Phi) is 5.25. The Hall–Kier alpha value is 0.01000. The molecule has 5 nitrogen and oxygen atoms in total. The largest absolute Gasteiger partial charge is 0.329 e. The van der Waals surface area contributed by atoms with Crippen LogP contribution in [-0.4, -0.2) is 56.9 Å². The zero-order valence-electron chi connectivity index (χ0n) is 11.1. The van der Waals surface area contributed by atoms with Gasteiger partial charge in [0, 0.05) is 35.1 Å². The normalized spacial score (nSPS) is 22.1. The fourth-order valence-corrected chi connectivity index (χ4v) is 5.39. The second kappa shape index (κ2) is 6.41. The minimum atomic E-state index is -3.55. The monoisotopic (exact) mass is 425 g/mol.